The molecule has 2 aliphatic heterocycles. The fraction of sp³-hybridized carbons (Fsp3) is 0.419. The average Bonchev–Trinajstić information content (AvgIpc) is 3.06. The minimum Gasteiger partial charge on any atom is -0.381 e. The molecule has 6 rings (SSSR count). The van der Waals surface area contributed by atoms with E-state index in [2.05, 4.69) is 42.6 Å². The van der Waals surface area contributed by atoms with Gasteiger partial charge in [0.05, 0.1) is 22.9 Å². The molecule has 44 heavy (non-hydrogen) atoms. The lowest BCUT2D eigenvalue weighted by molar-refractivity contribution is 0.0543. The third-order valence-electron chi connectivity index (χ3n) is 7.98. The highest BCUT2D eigenvalue weighted by molar-refractivity contribution is 7.85. The SMILES string of the molecule is CC(C)S(=O)c1ncncc1Cn1c(=O)c(C(=O)C2CCOCC2)cc2cnc(Nc3ccc(N4CCNCC4)cc3)nc21. The molecule has 1 aromatic carbocycles. The standard InChI is InChI=1S/C31H36N8O4S/c1-20(2)44(42)29-23(16-33-19-35-29)18-39-28-22(15-26(30(39)41)27(40)21-7-13-43-14-8-21)17-34-31(37-28)36-24-3-5-25(6-4-24)38-11-9-32-10-12-38/h3-6,15-17,19-21,32H,7-14,18H2,1-2H3,(H,34,36,37). The van der Waals surface area contributed by atoms with Crippen molar-refractivity contribution >= 4 is 44.9 Å². The van der Waals surface area contributed by atoms with E-state index in [0.29, 0.717) is 53.6 Å². The molecule has 5 heterocycles. The highest BCUT2D eigenvalue weighted by Gasteiger charge is 2.27. The molecule has 1 unspecified atom stereocenters. The van der Waals surface area contributed by atoms with Crippen LogP contribution in [0.4, 0.5) is 17.3 Å². The summed E-state index contributed by atoms with van der Waals surface area (Å²) in [5.41, 5.74) is 2.43. The second-order valence-corrected chi connectivity index (χ2v) is 13.2. The Morgan fingerprint density at radius 1 is 1.11 bits per heavy atom. The number of anilines is 3. The smallest absolute Gasteiger partial charge is 0.263 e. The Kier molecular flexibility index (Phi) is 9.05. The van der Waals surface area contributed by atoms with Crippen molar-refractivity contribution in [2.45, 2.75) is 43.5 Å². The van der Waals surface area contributed by atoms with Crippen molar-refractivity contribution in [3.8, 4) is 0 Å². The maximum atomic E-state index is 14.0. The Bertz CT molecular complexity index is 1730. The molecule has 2 N–H and O–H groups in total. The number of hydrogen-bond donors (Lipinski definition) is 2. The lowest BCUT2D eigenvalue weighted by Crippen LogP contribution is -2.43. The largest absolute Gasteiger partial charge is 0.381 e. The summed E-state index contributed by atoms with van der Waals surface area (Å²) in [5.74, 6) is -0.201. The highest BCUT2D eigenvalue weighted by atomic mass is 32.2. The second-order valence-electron chi connectivity index (χ2n) is 11.3. The van der Waals surface area contributed by atoms with Crippen LogP contribution in [0.1, 0.15) is 42.6 Å². The van der Waals surface area contributed by atoms with E-state index in [1.807, 2.05) is 26.0 Å². The van der Waals surface area contributed by atoms with Crippen LogP contribution in [-0.4, -0.2) is 79.1 Å². The molecular formula is C31H36N8O4S. The number of carbonyl (C=O) groups is 1. The van der Waals surface area contributed by atoms with E-state index in [-0.39, 0.29) is 29.1 Å². The predicted octanol–water partition coefficient (Wildman–Crippen LogP) is 2.91. The van der Waals surface area contributed by atoms with Crippen molar-refractivity contribution in [1.82, 2.24) is 29.8 Å². The summed E-state index contributed by atoms with van der Waals surface area (Å²) in [6.45, 7) is 8.48. The molecule has 13 heteroatoms. The number of piperazine rings is 1. The molecule has 2 saturated heterocycles. The monoisotopic (exact) mass is 616 g/mol. The topological polar surface area (TPSA) is 144 Å². The number of Topliss-reactive ketones (excluding diaryl/α,β-unsaturated/α-hetero) is 1. The minimum absolute atomic E-state index is 0.00525. The van der Waals surface area contributed by atoms with E-state index in [0.717, 1.165) is 37.6 Å². The summed E-state index contributed by atoms with van der Waals surface area (Å²) < 4.78 is 20.0. The third kappa shape index (κ3) is 6.40. The summed E-state index contributed by atoms with van der Waals surface area (Å²) in [4.78, 5) is 47.6. The van der Waals surface area contributed by atoms with Gasteiger partial charge in [0.1, 0.15) is 17.0 Å². The molecule has 12 nitrogen and oxygen atoms in total. The molecule has 0 amide bonds. The maximum Gasteiger partial charge on any atom is 0.263 e. The molecule has 2 fully saturated rings. The number of ketones is 1. The number of aromatic nitrogens is 5. The predicted molar refractivity (Wildman–Crippen MR) is 169 cm³/mol. The zero-order valence-corrected chi connectivity index (χ0v) is 25.7. The zero-order chi connectivity index (χ0) is 30.6. The Balaban J connectivity index is 1.38. The van der Waals surface area contributed by atoms with Gasteiger partial charge in [-0.3, -0.25) is 18.4 Å². The zero-order valence-electron chi connectivity index (χ0n) is 24.9. The van der Waals surface area contributed by atoms with Crippen molar-refractivity contribution in [3.63, 3.8) is 0 Å². The van der Waals surface area contributed by atoms with Gasteiger partial charge in [0.15, 0.2) is 5.78 Å². The van der Waals surface area contributed by atoms with Crippen LogP contribution in [0, 0.1) is 5.92 Å². The van der Waals surface area contributed by atoms with Gasteiger partial charge in [-0.15, -0.1) is 0 Å². The minimum atomic E-state index is -1.41. The molecular weight excluding hydrogens is 580 g/mol. The van der Waals surface area contributed by atoms with Gasteiger partial charge in [0.2, 0.25) is 5.95 Å². The molecule has 0 aliphatic carbocycles. The maximum absolute atomic E-state index is 14.0. The molecule has 0 spiro atoms. The van der Waals surface area contributed by atoms with Crippen LogP contribution in [0.3, 0.4) is 0 Å². The molecule has 4 aromatic rings. The van der Waals surface area contributed by atoms with Crippen molar-refractivity contribution < 1.29 is 13.7 Å². The summed E-state index contributed by atoms with van der Waals surface area (Å²) in [6, 6.07) is 9.66. The van der Waals surface area contributed by atoms with E-state index in [1.165, 1.54) is 10.9 Å². The number of hydrogen-bond acceptors (Lipinski definition) is 11. The normalized spacial score (nSPS) is 16.8. The fourth-order valence-corrected chi connectivity index (χ4v) is 6.53. The fourth-order valence-electron chi connectivity index (χ4n) is 5.56. The third-order valence-corrected chi connectivity index (χ3v) is 9.59. The van der Waals surface area contributed by atoms with Crippen molar-refractivity contribution in [3.05, 3.63) is 70.5 Å². The second kappa shape index (κ2) is 13.3. The van der Waals surface area contributed by atoms with Gasteiger partial charge < -0.3 is 20.3 Å². The molecule has 230 valence electrons. The van der Waals surface area contributed by atoms with Crippen molar-refractivity contribution in [2.75, 3.05) is 49.6 Å². The van der Waals surface area contributed by atoms with Crippen LogP contribution >= 0.6 is 0 Å². The van der Waals surface area contributed by atoms with Crippen molar-refractivity contribution in [2.24, 2.45) is 5.92 Å². The van der Waals surface area contributed by atoms with Gasteiger partial charge >= 0.3 is 0 Å². The summed E-state index contributed by atoms with van der Waals surface area (Å²) >= 11 is 0. The number of fused-ring (bicyclic) bond motifs is 1. The van der Waals surface area contributed by atoms with E-state index >= 15 is 0 Å². The van der Waals surface area contributed by atoms with Crippen LogP contribution in [0.15, 0.2) is 58.9 Å². The summed E-state index contributed by atoms with van der Waals surface area (Å²) in [6.07, 6.45) is 5.66. The molecule has 1 atom stereocenters. The van der Waals surface area contributed by atoms with Crippen LogP contribution in [0.2, 0.25) is 0 Å². The number of benzene rings is 1. The summed E-state index contributed by atoms with van der Waals surface area (Å²) in [7, 11) is -1.41. The van der Waals surface area contributed by atoms with Gasteiger partial charge in [-0.2, -0.15) is 4.98 Å². The van der Waals surface area contributed by atoms with E-state index < -0.39 is 16.4 Å². The van der Waals surface area contributed by atoms with Crippen molar-refractivity contribution in [1.29, 1.82) is 0 Å². The molecule has 3 aromatic heterocycles. The van der Waals surface area contributed by atoms with E-state index in [1.54, 1.807) is 18.5 Å². The van der Waals surface area contributed by atoms with Gasteiger partial charge in [-0.1, -0.05) is 13.8 Å². The van der Waals surface area contributed by atoms with E-state index in [9.17, 15) is 13.8 Å². The van der Waals surface area contributed by atoms with Crippen LogP contribution in [0.25, 0.3) is 11.0 Å². The first kappa shape index (κ1) is 30.0. The average molecular weight is 617 g/mol. The van der Waals surface area contributed by atoms with Gasteiger partial charge in [0, 0.05) is 85.3 Å². The number of nitrogens with one attached hydrogen (secondary N) is 2. The number of carbonyl (C=O) groups excluding carboxylic acids is 1. The molecule has 2 aliphatic rings. The first-order valence-corrected chi connectivity index (χ1v) is 16.1. The number of rotatable bonds is 9. The summed E-state index contributed by atoms with van der Waals surface area (Å²) in [5, 5.41) is 7.33. The van der Waals surface area contributed by atoms with E-state index in [4.69, 9.17) is 9.72 Å². The lowest BCUT2D eigenvalue weighted by atomic mass is 9.91. The Hall–Kier alpha value is -4.07. The Morgan fingerprint density at radius 3 is 2.59 bits per heavy atom. The molecule has 0 bridgehead atoms. The van der Waals surface area contributed by atoms with Gasteiger partial charge in [-0.05, 0) is 43.2 Å². The van der Waals surface area contributed by atoms with Crippen LogP contribution in [-0.2, 0) is 22.1 Å². The quantitative estimate of drug-likeness (QED) is 0.212. The number of pyridine rings is 1. The Labute approximate surface area is 257 Å². The lowest BCUT2D eigenvalue weighted by Gasteiger charge is -2.29. The molecule has 0 radical (unpaired) electrons. The van der Waals surface area contributed by atoms with Crippen LogP contribution in [0.5, 0.6) is 0 Å². The first-order chi connectivity index (χ1) is 21.4. The Morgan fingerprint density at radius 2 is 1.86 bits per heavy atom. The van der Waals surface area contributed by atoms with Crippen LogP contribution < -0.4 is 21.1 Å². The first-order valence-electron chi connectivity index (χ1n) is 14.9. The molecule has 0 saturated carbocycles. The van der Waals surface area contributed by atoms with Gasteiger partial charge in [0.25, 0.3) is 5.56 Å². The highest BCUT2D eigenvalue weighted by Crippen LogP contribution is 2.24. The van der Waals surface area contributed by atoms with Gasteiger partial charge in [-0.25, -0.2) is 15.0 Å². The number of ether oxygens (including phenoxy) is 1. The number of nitrogens with zero attached hydrogens (tertiary/aromatic N) is 6.